The Balaban J connectivity index is 0.00000256. The number of benzene rings is 1. The van der Waals surface area contributed by atoms with Crippen molar-refractivity contribution in [3.63, 3.8) is 0 Å². The van der Waals surface area contributed by atoms with Gasteiger partial charge in [0.2, 0.25) is 0 Å². The molecular formula is C23H31FIN5. The van der Waals surface area contributed by atoms with Crippen LogP contribution in [0.25, 0.3) is 0 Å². The van der Waals surface area contributed by atoms with Gasteiger partial charge in [-0.3, -0.25) is 4.99 Å². The number of nitrogens with one attached hydrogen (secondary N) is 2. The zero-order chi connectivity index (χ0) is 20.1. The van der Waals surface area contributed by atoms with Crippen molar-refractivity contribution >= 4 is 35.8 Å². The molecule has 7 heteroatoms. The molecule has 0 radical (unpaired) electrons. The summed E-state index contributed by atoms with van der Waals surface area (Å²) in [5.74, 6) is 1.68. The van der Waals surface area contributed by atoms with Crippen LogP contribution in [0.1, 0.15) is 43.2 Å². The van der Waals surface area contributed by atoms with Gasteiger partial charge in [-0.2, -0.15) is 0 Å². The van der Waals surface area contributed by atoms with Gasteiger partial charge in [-0.05, 0) is 61.4 Å². The third kappa shape index (κ3) is 5.42. The summed E-state index contributed by atoms with van der Waals surface area (Å²) in [7, 11) is 1.77. The topological polar surface area (TPSA) is 52.6 Å². The van der Waals surface area contributed by atoms with E-state index in [1.54, 1.807) is 19.2 Å². The van der Waals surface area contributed by atoms with Crippen molar-refractivity contribution in [3.05, 3.63) is 59.5 Å². The second-order valence-electron chi connectivity index (χ2n) is 8.11. The van der Waals surface area contributed by atoms with E-state index in [0.29, 0.717) is 13.1 Å². The lowest BCUT2D eigenvalue weighted by atomic mass is 9.95. The number of rotatable bonds is 6. The van der Waals surface area contributed by atoms with E-state index in [1.807, 2.05) is 24.4 Å². The van der Waals surface area contributed by atoms with Crippen LogP contribution in [0.15, 0.2) is 47.6 Å². The summed E-state index contributed by atoms with van der Waals surface area (Å²) >= 11 is 0. The molecule has 2 heterocycles. The van der Waals surface area contributed by atoms with Crippen LogP contribution < -0.4 is 15.5 Å². The van der Waals surface area contributed by atoms with Crippen molar-refractivity contribution in [3.8, 4) is 0 Å². The lowest BCUT2D eigenvalue weighted by Crippen LogP contribution is -2.41. The van der Waals surface area contributed by atoms with E-state index in [4.69, 9.17) is 0 Å². The molecule has 1 saturated heterocycles. The smallest absolute Gasteiger partial charge is 0.191 e. The van der Waals surface area contributed by atoms with Gasteiger partial charge in [-0.25, -0.2) is 9.37 Å². The number of halogens is 2. The summed E-state index contributed by atoms with van der Waals surface area (Å²) in [6.07, 6.45) is 7.68. The Morgan fingerprint density at radius 1 is 1.13 bits per heavy atom. The van der Waals surface area contributed by atoms with Crippen LogP contribution in [-0.4, -0.2) is 37.6 Å². The molecule has 0 bridgehead atoms. The Bertz CT molecular complexity index is 862. The zero-order valence-electron chi connectivity index (χ0n) is 17.5. The highest BCUT2D eigenvalue weighted by molar-refractivity contribution is 14.0. The fourth-order valence-corrected chi connectivity index (χ4v) is 4.11. The molecule has 0 atom stereocenters. The van der Waals surface area contributed by atoms with E-state index >= 15 is 0 Å². The molecule has 30 heavy (non-hydrogen) atoms. The lowest BCUT2D eigenvalue weighted by Gasteiger charge is -2.28. The number of anilines is 1. The minimum atomic E-state index is -0.114. The second-order valence-corrected chi connectivity index (χ2v) is 8.11. The van der Waals surface area contributed by atoms with E-state index in [2.05, 4.69) is 31.6 Å². The van der Waals surface area contributed by atoms with Gasteiger partial charge in [0.05, 0.1) is 0 Å². The summed E-state index contributed by atoms with van der Waals surface area (Å²) in [6, 6.07) is 11.3. The molecule has 1 aromatic heterocycles. The van der Waals surface area contributed by atoms with E-state index in [-0.39, 0.29) is 35.2 Å². The summed E-state index contributed by atoms with van der Waals surface area (Å²) in [6.45, 7) is 3.54. The first-order valence-electron chi connectivity index (χ1n) is 10.6. The van der Waals surface area contributed by atoms with Crippen molar-refractivity contribution in [2.24, 2.45) is 4.99 Å². The lowest BCUT2D eigenvalue weighted by molar-refractivity contribution is 0.559. The maximum absolute atomic E-state index is 14.2. The van der Waals surface area contributed by atoms with Crippen LogP contribution >= 0.6 is 24.0 Å². The quantitative estimate of drug-likeness (QED) is 0.338. The maximum Gasteiger partial charge on any atom is 0.191 e. The molecular weight excluding hydrogens is 492 g/mol. The fraction of sp³-hybridized carbons (Fsp3) is 0.478. The highest BCUT2D eigenvalue weighted by Crippen LogP contribution is 2.48. The first-order chi connectivity index (χ1) is 14.2. The van der Waals surface area contributed by atoms with Crippen molar-refractivity contribution in [1.82, 2.24) is 15.6 Å². The Morgan fingerprint density at radius 3 is 2.60 bits per heavy atom. The summed E-state index contributed by atoms with van der Waals surface area (Å²) in [5.41, 5.74) is 1.88. The van der Waals surface area contributed by atoms with Gasteiger partial charge in [-0.15, -0.1) is 24.0 Å². The average molecular weight is 523 g/mol. The van der Waals surface area contributed by atoms with Gasteiger partial charge in [0.25, 0.3) is 0 Å². The van der Waals surface area contributed by atoms with Gasteiger partial charge >= 0.3 is 0 Å². The van der Waals surface area contributed by atoms with Crippen LogP contribution in [0, 0.1) is 5.82 Å². The number of nitrogens with zero attached hydrogens (tertiary/aromatic N) is 3. The molecule has 0 amide bonds. The van der Waals surface area contributed by atoms with Crippen molar-refractivity contribution < 1.29 is 4.39 Å². The normalized spacial score (nSPS) is 17.8. The first kappa shape index (κ1) is 22.8. The number of piperidine rings is 1. The monoisotopic (exact) mass is 523 g/mol. The van der Waals surface area contributed by atoms with Gasteiger partial charge in [0.15, 0.2) is 5.96 Å². The predicted octanol–water partition coefficient (Wildman–Crippen LogP) is 4.23. The molecule has 0 unspecified atom stereocenters. The fourth-order valence-electron chi connectivity index (χ4n) is 4.11. The van der Waals surface area contributed by atoms with E-state index in [0.717, 1.165) is 43.3 Å². The molecule has 162 valence electrons. The van der Waals surface area contributed by atoms with Crippen LogP contribution in [0.2, 0.25) is 0 Å². The van der Waals surface area contributed by atoms with Crippen molar-refractivity contribution in [2.75, 3.05) is 31.6 Å². The van der Waals surface area contributed by atoms with Crippen LogP contribution in [-0.2, 0) is 12.0 Å². The van der Waals surface area contributed by atoms with Crippen LogP contribution in [0.4, 0.5) is 10.2 Å². The van der Waals surface area contributed by atoms with Gasteiger partial charge in [0.1, 0.15) is 11.6 Å². The van der Waals surface area contributed by atoms with E-state index in [1.165, 1.54) is 24.8 Å². The molecule has 1 aromatic carbocycles. The number of hydrogen-bond donors (Lipinski definition) is 2. The zero-order valence-corrected chi connectivity index (χ0v) is 19.9. The molecule has 0 spiro atoms. The minimum Gasteiger partial charge on any atom is -0.357 e. The number of aromatic nitrogens is 1. The van der Waals surface area contributed by atoms with Crippen molar-refractivity contribution in [1.29, 1.82) is 0 Å². The first-order valence-corrected chi connectivity index (χ1v) is 10.6. The Hall–Kier alpha value is -1.90. The molecule has 1 aliphatic carbocycles. The molecule has 5 nitrogen and oxygen atoms in total. The Morgan fingerprint density at radius 2 is 1.90 bits per heavy atom. The van der Waals surface area contributed by atoms with Crippen LogP contribution in [0.3, 0.4) is 0 Å². The molecule has 1 aliphatic heterocycles. The molecule has 4 rings (SSSR count). The number of aliphatic imine (C=N–C) groups is 1. The average Bonchev–Trinajstić information content (AvgIpc) is 3.56. The number of hydrogen-bond acceptors (Lipinski definition) is 3. The Labute approximate surface area is 195 Å². The van der Waals surface area contributed by atoms with Crippen LogP contribution in [0.5, 0.6) is 0 Å². The Kier molecular flexibility index (Phi) is 7.91. The molecule has 2 aliphatic rings. The van der Waals surface area contributed by atoms with E-state index in [9.17, 15) is 4.39 Å². The molecule has 2 fully saturated rings. The summed E-state index contributed by atoms with van der Waals surface area (Å²) in [5, 5.41) is 6.77. The largest absolute Gasteiger partial charge is 0.357 e. The van der Waals surface area contributed by atoms with Gasteiger partial charge in [-0.1, -0.05) is 18.2 Å². The molecule has 1 saturated carbocycles. The van der Waals surface area contributed by atoms with E-state index < -0.39 is 0 Å². The highest BCUT2D eigenvalue weighted by Gasteiger charge is 2.45. The predicted molar refractivity (Wildman–Crippen MR) is 131 cm³/mol. The number of guanidine groups is 1. The SMILES string of the molecule is CN=C(NCc1ccnc(N2CCCCC2)c1)NCC1(c2ccccc2F)CC1.I. The van der Waals surface area contributed by atoms with Gasteiger partial charge in [0, 0.05) is 44.8 Å². The summed E-state index contributed by atoms with van der Waals surface area (Å²) in [4.78, 5) is 11.2. The molecule has 2 N–H and O–H groups in total. The standard InChI is InChI=1S/C23H30FN5.HI/c1-25-22(28-17-23(10-11-23)19-7-3-4-8-20(19)24)27-16-18-9-12-26-21(15-18)29-13-5-2-6-14-29;/h3-4,7-9,12,15H,2,5-6,10-11,13-14,16-17H2,1H3,(H2,25,27,28);1H. The minimum absolute atomic E-state index is 0. The van der Waals surface area contributed by atoms with Crippen molar-refractivity contribution in [2.45, 2.75) is 44.1 Å². The maximum atomic E-state index is 14.2. The third-order valence-corrected chi connectivity index (χ3v) is 6.07. The third-order valence-electron chi connectivity index (χ3n) is 6.07. The van der Waals surface area contributed by atoms with Gasteiger partial charge < -0.3 is 15.5 Å². The summed E-state index contributed by atoms with van der Waals surface area (Å²) < 4.78 is 14.2. The molecule has 2 aromatic rings. The second kappa shape index (κ2) is 10.4. The number of pyridine rings is 1. The highest BCUT2D eigenvalue weighted by atomic mass is 127.